The Bertz CT molecular complexity index is 517. The fourth-order valence-electron chi connectivity index (χ4n) is 1.63. The van der Waals surface area contributed by atoms with Gasteiger partial charge in [0.05, 0.1) is 5.56 Å². The lowest BCUT2D eigenvalue weighted by atomic mass is 10.0. The zero-order valence-electron chi connectivity index (χ0n) is 8.18. The first-order chi connectivity index (χ1) is 7.52. The largest absolute Gasteiger partial charge is 0.416 e. The zero-order chi connectivity index (χ0) is 11.8. The maximum atomic E-state index is 12.5. The maximum absolute atomic E-state index is 12.5. The molecule has 16 heavy (non-hydrogen) atoms. The molecule has 0 aliphatic rings. The van der Waals surface area contributed by atoms with Crippen LogP contribution in [0.3, 0.4) is 0 Å². The molecule has 2 rings (SSSR count). The van der Waals surface area contributed by atoms with E-state index in [0.717, 1.165) is 17.0 Å². The van der Waals surface area contributed by atoms with Gasteiger partial charge in [-0.1, -0.05) is 40.2 Å². The Labute approximate surface area is 99.2 Å². The monoisotopic (exact) mass is 288 g/mol. The van der Waals surface area contributed by atoms with Gasteiger partial charge in [0.2, 0.25) is 0 Å². The molecule has 0 radical (unpaired) electrons. The van der Waals surface area contributed by atoms with E-state index in [1.807, 2.05) is 18.2 Å². The van der Waals surface area contributed by atoms with Gasteiger partial charge in [0, 0.05) is 5.33 Å². The van der Waals surface area contributed by atoms with Crippen LogP contribution in [0.5, 0.6) is 0 Å². The first-order valence-electron chi connectivity index (χ1n) is 4.67. The van der Waals surface area contributed by atoms with Crippen molar-refractivity contribution in [2.45, 2.75) is 11.5 Å². The fourth-order valence-corrected chi connectivity index (χ4v) is 2.12. The number of hydrogen-bond donors (Lipinski definition) is 0. The third-order valence-electron chi connectivity index (χ3n) is 2.44. The molecule has 0 saturated heterocycles. The van der Waals surface area contributed by atoms with Gasteiger partial charge in [-0.25, -0.2) is 0 Å². The molecule has 0 atom stereocenters. The number of alkyl halides is 4. The highest BCUT2D eigenvalue weighted by molar-refractivity contribution is 9.08. The van der Waals surface area contributed by atoms with Gasteiger partial charge in [-0.15, -0.1) is 0 Å². The van der Waals surface area contributed by atoms with Crippen LogP contribution in [0.1, 0.15) is 11.1 Å². The summed E-state index contributed by atoms with van der Waals surface area (Å²) in [5, 5.41) is 2.02. The lowest BCUT2D eigenvalue weighted by molar-refractivity contribution is -0.137. The average Bonchev–Trinajstić information content (AvgIpc) is 2.26. The van der Waals surface area contributed by atoms with Gasteiger partial charge in [-0.2, -0.15) is 13.2 Å². The fraction of sp³-hybridized carbons (Fsp3) is 0.167. The van der Waals surface area contributed by atoms with Crippen molar-refractivity contribution in [1.29, 1.82) is 0 Å². The SMILES string of the molecule is FC(F)(F)c1ccc2cccc(CBr)c2c1. The molecule has 0 N–H and O–H groups in total. The van der Waals surface area contributed by atoms with E-state index in [-0.39, 0.29) is 0 Å². The Kier molecular flexibility index (Phi) is 2.93. The van der Waals surface area contributed by atoms with Crippen molar-refractivity contribution in [3.63, 3.8) is 0 Å². The molecular weight excluding hydrogens is 281 g/mol. The highest BCUT2D eigenvalue weighted by atomic mass is 79.9. The first kappa shape index (κ1) is 11.5. The standard InChI is InChI=1S/C12H8BrF3/c13-7-9-3-1-2-8-4-5-10(6-11(8)9)12(14,15)16/h1-6H,7H2. The highest BCUT2D eigenvalue weighted by Gasteiger charge is 2.30. The average molecular weight is 289 g/mol. The van der Waals surface area contributed by atoms with Gasteiger partial charge < -0.3 is 0 Å². The summed E-state index contributed by atoms with van der Waals surface area (Å²) < 4.78 is 37.6. The number of hydrogen-bond acceptors (Lipinski definition) is 0. The van der Waals surface area contributed by atoms with E-state index in [0.29, 0.717) is 10.7 Å². The number of benzene rings is 2. The Balaban J connectivity index is 2.68. The zero-order valence-corrected chi connectivity index (χ0v) is 9.77. The van der Waals surface area contributed by atoms with Crippen LogP contribution < -0.4 is 0 Å². The van der Waals surface area contributed by atoms with Gasteiger partial charge >= 0.3 is 6.18 Å². The Morgan fingerprint density at radius 2 is 1.81 bits per heavy atom. The number of fused-ring (bicyclic) bond motifs is 1. The molecule has 0 aliphatic carbocycles. The van der Waals surface area contributed by atoms with E-state index < -0.39 is 11.7 Å². The molecule has 0 aromatic heterocycles. The summed E-state index contributed by atoms with van der Waals surface area (Å²) in [5.41, 5.74) is 0.261. The Hall–Kier alpha value is -1.03. The van der Waals surface area contributed by atoms with Crippen LogP contribution in [0.25, 0.3) is 10.8 Å². The predicted molar refractivity (Wildman–Crippen MR) is 61.6 cm³/mol. The molecule has 4 heteroatoms. The quantitative estimate of drug-likeness (QED) is 0.664. The van der Waals surface area contributed by atoms with Crippen molar-refractivity contribution >= 4 is 26.7 Å². The molecule has 0 bridgehead atoms. The van der Waals surface area contributed by atoms with Crippen LogP contribution in [0.2, 0.25) is 0 Å². The van der Waals surface area contributed by atoms with E-state index in [2.05, 4.69) is 15.9 Å². The number of rotatable bonds is 1. The molecule has 0 saturated carbocycles. The van der Waals surface area contributed by atoms with Crippen molar-refractivity contribution in [3.8, 4) is 0 Å². The van der Waals surface area contributed by atoms with Crippen LogP contribution in [-0.4, -0.2) is 0 Å². The van der Waals surface area contributed by atoms with Crippen molar-refractivity contribution in [2.24, 2.45) is 0 Å². The third-order valence-corrected chi connectivity index (χ3v) is 3.05. The second-order valence-corrected chi connectivity index (χ2v) is 4.05. The van der Waals surface area contributed by atoms with Crippen LogP contribution in [0.4, 0.5) is 13.2 Å². The predicted octanol–water partition coefficient (Wildman–Crippen LogP) is 4.75. The second kappa shape index (κ2) is 4.09. The minimum absolute atomic E-state index is 0.547. The lowest BCUT2D eigenvalue weighted by Gasteiger charge is -2.09. The molecule has 0 fully saturated rings. The molecule has 2 aromatic rings. The van der Waals surface area contributed by atoms with E-state index in [4.69, 9.17) is 0 Å². The van der Waals surface area contributed by atoms with Crippen LogP contribution in [0, 0.1) is 0 Å². The summed E-state index contributed by atoms with van der Waals surface area (Å²) in [7, 11) is 0. The van der Waals surface area contributed by atoms with Crippen LogP contribution in [-0.2, 0) is 11.5 Å². The normalized spacial score (nSPS) is 12.0. The topological polar surface area (TPSA) is 0 Å². The molecule has 0 heterocycles. The van der Waals surface area contributed by atoms with Crippen molar-refractivity contribution < 1.29 is 13.2 Å². The summed E-state index contributed by atoms with van der Waals surface area (Å²) in [4.78, 5) is 0. The van der Waals surface area contributed by atoms with Gasteiger partial charge in [-0.3, -0.25) is 0 Å². The van der Waals surface area contributed by atoms with E-state index in [1.54, 1.807) is 0 Å². The van der Waals surface area contributed by atoms with Gasteiger partial charge in [-0.05, 0) is 28.5 Å². The van der Waals surface area contributed by atoms with Crippen molar-refractivity contribution in [3.05, 3.63) is 47.5 Å². The highest BCUT2D eigenvalue weighted by Crippen LogP contribution is 2.32. The molecule has 2 aromatic carbocycles. The molecule has 0 unspecified atom stereocenters. The first-order valence-corrected chi connectivity index (χ1v) is 5.79. The Morgan fingerprint density at radius 3 is 2.44 bits per heavy atom. The van der Waals surface area contributed by atoms with E-state index in [9.17, 15) is 13.2 Å². The molecule has 0 amide bonds. The third kappa shape index (κ3) is 2.07. The van der Waals surface area contributed by atoms with E-state index in [1.165, 1.54) is 12.1 Å². The van der Waals surface area contributed by atoms with Gasteiger partial charge in [0.1, 0.15) is 0 Å². The van der Waals surface area contributed by atoms with Crippen LogP contribution >= 0.6 is 15.9 Å². The maximum Gasteiger partial charge on any atom is 0.416 e. The molecule has 0 spiro atoms. The summed E-state index contributed by atoms with van der Waals surface area (Å²) in [6.45, 7) is 0. The summed E-state index contributed by atoms with van der Waals surface area (Å²) in [6.07, 6.45) is -4.28. The second-order valence-electron chi connectivity index (χ2n) is 3.48. The summed E-state index contributed by atoms with van der Waals surface area (Å²) in [5.74, 6) is 0. The minimum atomic E-state index is -4.28. The summed E-state index contributed by atoms with van der Waals surface area (Å²) >= 11 is 3.27. The minimum Gasteiger partial charge on any atom is -0.166 e. The molecule has 0 aliphatic heterocycles. The molecule has 0 nitrogen and oxygen atoms in total. The van der Waals surface area contributed by atoms with Crippen molar-refractivity contribution in [1.82, 2.24) is 0 Å². The van der Waals surface area contributed by atoms with Crippen molar-refractivity contribution in [2.75, 3.05) is 0 Å². The smallest absolute Gasteiger partial charge is 0.166 e. The van der Waals surface area contributed by atoms with Crippen LogP contribution in [0.15, 0.2) is 36.4 Å². The molecule has 84 valence electrons. The lowest BCUT2D eigenvalue weighted by Crippen LogP contribution is -2.04. The number of halogens is 4. The van der Waals surface area contributed by atoms with Gasteiger partial charge in [0.15, 0.2) is 0 Å². The molecular formula is C12H8BrF3. The Morgan fingerprint density at radius 1 is 1.06 bits per heavy atom. The van der Waals surface area contributed by atoms with E-state index >= 15 is 0 Å². The summed E-state index contributed by atoms with van der Waals surface area (Å²) in [6, 6.07) is 9.28. The van der Waals surface area contributed by atoms with Gasteiger partial charge in [0.25, 0.3) is 0 Å².